The van der Waals surface area contributed by atoms with Crippen LogP contribution in [0.4, 0.5) is 5.69 Å². The molecule has 118 valence electrons. The molecule has 1 unspecified atom stereocenters. The fourth-order valence-corrected chi connectivity index (χ4v) is 3.24. The number of hydrogen-bond donors (Lipinski definition) is 1. The molecule has 0 saturated carbocycles. The van der Waals surface area contributed by atoms with Gasteiger partial charge in [-0.1, -0.05) is 29.8 Å². The van der Waals surface area contributed by atoms with Crippen LogP contribution in [0.1, 0.15) is 11.7 Å². The molecule has 3 rings (SSSR count). The Bertz CT molecular complexity index is 604. The third-order valence-corrected chi connectivity index (χ3v) is 4.77. The van der Waals surface area contributed by atoms with E-state index in [-0.39, 0.29) is 6.04 Å². The summed E-state index contributed by atoms with van der Waals surface area (Å²) in [6.07, 6.45) is 1.75. The normalized spacial score (nSPS) is 17.7. The maximum Gasteiger partial charge on any atom is 0.133 e. The van der Waals surface area contributed by atoms with Crippen molar-refractivity contribution in [3.63, 3.8) is 0 Å². The molecule has 2 heterocycles. The zero-order valence-corrected chi connectivity index (χ0v) is 13.6. The first-order valence-electron chi connectivity index (χ1n) is 7.61. The van der Waals surface area contributed by atoms with Crippen molar-refractivity contribution in [1.82, 2.24) is 14.5 Å². The van der Waals surface area contributed by atoms with E-state index in [1.807, 2.05) is 17.7 Å². The second kappa shape index (κ2) is 6.69. The van der Waals surface area contributed by atoms with Crippen molar-refractivity contribution in [2.45, 2.75) is 6.04 Å². The van der Waals surface area contributed by atoms with Crippen LogP contribution in [-0.4, -0.2) is 47.2 Å². The Morgan fingerprint density at radius 2 is 1.86 bits per heavy atom. The molecule has 2 N–H and O–H groups in total. The number of nitrogens with two attached hydrogens (primary N) is 1. The Morgan fingerprint density at radius 1 is 1.18 bits per heavy atom. The molecule has 1 aromatic carbocycles. The number of anilines is 1. The van der Waals surface area contributed by atoms with Gasteiger partial charge in [0.05, 0.1) is 18.1 Å². The Kier molecular flexibility index (Phi) is 4.66. The topological polar surface area (TPSA) is 50.3 Å². The SMILES string of the molecule is Cn1cnc(C(CN)N2CCN(c3ccccc3)CC2)c1Cl. The van der Waals surface area contributed by atoms with E-state index in [9.17, 15) is 0 Å². The monoisotopic (exact) mass is 319 g/mol. The number of imidazole rings is 1. The van der Waals surface area contributed by atoms with E-state index in [1.54, 1.807) is 6.33 Å². The highest BCUT2D eigenvalue weighted by Gasteiger charge is 2.27. The highest BCUT2D eigenvalue weighted by Crippen LogP contribution is 2.27. The summed E-state index contributed by atoms with van der Waals surface area (Å²) >= 11 is 6.33. The van der Waals surface area contributed by atoms with Gasteiger partial charge in [-0.2, -0.15) is 0 Å². The maximum absolute atomic E-state index is 6.33. The zero-order chi connectivity index (χ0) is 15.5. The van der Waals surface area contributed by atoms with Gasteiger partial charge in [-0.15, -0.1) is 0 Å². The molecule has 1 atom stereocenters. The Morgan fingerprint density at radius 3 is 2.41 bits per heavy atom. The highest BCUT2D eigenvalue weighted by atomic mass is 35.5. The summed E-state index contributed by atoms with van der Waals surface area (Å²) in [4.78, 5) is 9.22. The van der Waals surface area contributed by atoms with Gasteiger partial charge in [0, 0.05) is 45.5 Å². The van der Waals surface area contributed by atoms with Gasteiger partial charge in [0.15, 0.2) is 0 Å². The summed E-state index contributed by atoms with van der Waals surface area (Å²) in [5.41, 5.74) is 8.17. The van der Waals surface area contributed by atoms with Crippen molar-refractivity contribution in [3.8, 4) is 0 Å². The molecule has 1 aromatic heterocycles. The third-order valence-electron chi connectivity index (χ3n) is 4.31. The number of benzene rings is 1. The van der Waals surface area contributed by atoms with E-state index in [1.165, 1.54) is 5.69 Å². The van der Waals surface area contributed by atoms with Crippen molar-refractivity contribution >= 4 is 17.3 Å². The van der Waals surface area contributed by atoms with Crippen LogP contribution in [0.3, 0.4) is 0 Å². The van der Waals surface area contributed by atoms with Gasteiger partial charge in [0.1, 0.15) is 5.15 Å². The average Bonchev–Trinajstić information content (AvgIpc) is 2.90. The predicted molar refractivity (Wildman–Crippen MR) is 90.2 cm³/mol. The molecule has 0 radical (unpaired) electrons. The first-order valence-corrected chi connectivity index (χ1v) is 7.99. The van der Waals surface area contributed by atoms with E-state index < -0.39 is 0 Å². The summed E-state index contributed by atoms with van der Waals surface area (Å²) < 4.78 is 1.83. The van der Waals surface area contributed by atoms with Crippen LogP contribution in [0, 0.1) is 0 Å². The number of aromatic nitrogens is 2. The smallest absolute Gasteiger partial charge is 0.133 e. The van der Waals surface area contributed by atoms with Gasteiger partial charge in [0.25, 0.3) is 0 Å². The summed E-state index contributed by atoms with van der Waals surface area (Å²) in [5.74, 6) is 0. The standard InChI is InChI=1S/C16H22ClN5/c1-20-12-19-15(16(20)17)14(11-18)22-9-7-21(8-10-22)13-5-3-2-4-6-13/h2-6,12,14H,7-11,18H2,1H3. The number of para-hydroxylation sites is 1. The quantitative estimate of drug-likeness (QED) is 0.935. The van der Waals surface area contributed by atoms with E-state index in [4.69, 9.17) is 17.3 Å². The number of halogens is 1. The van der Waals surface area contributed by atoms with Crippen molar-refractivity contribution in [2.75, 3.05) is 37.6 Å². The Hall–Kier alpha value is -1.56. The average molecular weight is 320 g/mol. The summed E-state index contributed by atoms with van der Waals surface area (Å²) in [6, 6.07) is 10.6. The van der Waals surface area contributed by atoms with E-state index in [0.717, 1.165) is 31.9 Å². The van der Waals surface area contributed by atoms with Crippen LogP contribution in [0.5, 0.6) is 0 Å². The van der Waals surface area contributed by atoms with E-state index in [2.05, 4.69) is 39.0 Å². The molecule has 5 nitrogen and oxygen atoms in total. The lowest BCUT2D eigenvalue weighted by atomic mass is 10.1. The summed E-state index contributed by atoms with van der Waals surface area (Å²) in [7, 11) is 1.90. The van der Waals surface area contributed by atoms with Gasteiger partial charge in [-0.05, 0) is 12.1 Å². The minimum Gasteiger partial charge on any atom is -0.369 e. The predicted octanol–water partition coefficient (Wildman–Crippen LogP) is 1.90. The molecule has 0 bridgehead atoms. The van der Waals surface area contributed by atoms with Crippen LogP contribution < -0.4 is 10.6 Å². The third kappa shape index (κ3) is 2.97. The van der Waals surface area contributed by atoms with Gasteiger partial charge in [-0.3, -0.25) is 4.90 Å². The fourth-order valence-electron chi connectivity index (χ4n) is 3.02. The second-order valence-corrected chi connectivity index (χ2v) is 6.00. The van der Waals surface area contributed by atoms with Crippen LogP contribution in [0.2, 0.25) is 5.15 Å². The number of rotatable bonds is 4. The molecule has 1 aliphatic heterocycles. The van der Waals surface area contributed by atoms with Gasteiger partial charge >= 0.3 is 0 Å². The first-order chi connectivity index (χ1) is 10.7. The largest absolute Gasteiger partial charge is 0.369 e. The lowest BCUT2D eigenvalue weighted by Crippen LogP contribution is -2.49. The van der Waals surface area contributed by atoms with Crippen LogP contribution in [0.25, 0.3) is 0 Å². The molecule has 0 spiro atoms. The van der Waals surface area contributed by atoms with Crippen molar-refractivity contribution in [1.29, 1.82) is 0 Å². The molecule has 2 aromatic rings. The Labute approximate surface area is 136 Å². The zero-order valence-electron chi connectivity index (χ0n) is 12.8. The molecular weight excluding hydrogens is 298 g/mol. The maximum atomic E-state index is 6.33. The van der Waals surface area contributed by atoms with Crippen LogP contribution in [-0.2, 0) is 7.05 Å². The summed E-state index contributed by atoms with van der Waals surface area (Å²) in [6.45, 7) is 4.44. The molecule has 6 heteroatoms. The lowest BCUT2D eigenvalue weighted by molar-refractivity contribution is 0.187. The van der Waals surface area contributed by atoms with Gasteiger partial charge < -0.3 is 15.2 Å². The van der Waals surface area contributed by atoms with Gasteiger partial charge in [0.2, 0.25) is 0 Å². The summed E-state index contributed by atoms with van der Waals surface area (Å²) in [5, 5.41) is 0.681. The van der Waals surface area contributed by atoms with Gasteiger partial charge in [-0.25, -0.2) is 4.98 Å². The van der Waals surface area contributed by atoms with Crippen LogP contribution >= 0.6 is 11.6 Å². The van der Waals surface area contributed by atoms with E-state index in [0.29, 0.717) is 11.7 Å². The van der Waals surface area contributed by atoms with Crippen LogP contribution in [0.15, 0.2) is 36.7 Å². The highest BCUT2D eigenvalue weighted by molar-refractivity contribution is 6.30. The van der Waals surface area contributed by atoms with E-state index >= 15 is 0 Å². The molecule has 0 aliphatic carbocycles. The molecule has 1 fully saturated rings. The molecule has 0 amide bonds. The number of nitrogens with zero attached hydrogens (tertiary/aromatic N) is 4. The molecule has 1 saturated heterocycles. The first kappa shape index (κ1) is 15.3. The molecule has 22 heavy (non-hydrogen) atoms. The minimum atomic E-state index is 0.0895. The minimum absolute atomic E-state index is 0.0895. The number of piperazine rings is 1. The number of aryl methyl sites for hydroxylation is 1. The molecule has 1 aliphatic rings. The van der Waals surface area contributed by atoms with Crippen molar-refractivity contribution in [3.05, 3.63) is 47.5 Å². The number of hydrogen-bond acceptors (Lipinski definition) is 4. The fraction of sp³-hybridized carbons (Fsp3) is 0.438. The van der Waals surface area contributed by atoms with Crippen molar-refractivity contribution < 1.29 is 0 Å². The molecular formula is C16H22ClN5. The van der Waals surface area contributed by atoms with Crippen molar-refractivity contribution in [2.24, 2.45) is 12.8 Å². The lowest BCUT2D eigenvalue weighted by Gasteiger charge is -2.39. The Balaban J connectivity index is 1.68. The second-order valence-electron chi connectivity index (χ2n) is 5.64.